The van der Waals surface area contributed by atoms with Crippen molar-refractivity contribution in [2.45, 2.75) is 20.0 Å². The predicted octanol–water partition coefficient (Wildman–Crippen LogP) is 3.40. The third-order valence-electron chi connectivity index (χ3n) is 4.37. The largest absolute Gasteiger partial charge is 0.345 e. The molecule has 0 unspecified atom stereocenters. The maximum Gasteiger partial charge on any atom is 0.291 e. The van der Waals surface area contributed by atoms with Crippen molar-refractivity contribution in [3.8, 4) is 5.69 Å². The van der Waals surface area contributed by atoms with Crippen molar-refractivity contribution < 1.29 is 4.79 Å². The lowest BCUT2D eigenvalue weighted by Gasteiger charge is -2.02. The minimum atomic E-state index is -0.336. The smallest absolute Gasteiger partial charge is 0.291 e. The van der Waals surface area contributed by atoms with Crippen molar-refractivity contribution in [2.24, 2.45) is 0 Å². The number of aromatic nitrogens is 5. The van der Waals surface area contributed by atoms with Crippen molar-refractivity contribution in [1.29, 1.82) is 0 Å². The van der Waals surface area contributed by atoms with Gasteiger partial charge >= 0.3 is 0 Å². The topological polar surface area (TPSA) is 77.6 Å². The zero-order chi connectivity index (χ0) is 20.2. The molecule has 2 aromatic heterocycles. The normalized spacial score (nSPS) is 10.8. The van der Waals surface area contributed by atoms with Crippen molar-refractivity contribution in [1.82, 2.24) is 29.9 Å². The first-order valence-electron chi connectivity index (χ1n) is 9.11. The Hall–Kier alpha value is -3.45. The SMILES string of the molecule is Cc1nc(C(=O)NCc2cnn(Cc3ccccc3)c2)nn1-c1ccc(Cl)cc1. The van der Waals surface area contributed by atoms with Crippen LogP contribution in [0.5, 0.6) is 0 Å². The molecule has 8 heteroatoms. The van der Waals surface area contributed by atoms with Crippen LogP contribution in [0.2, 0.25) is 5.02 Å². The zero-order valence-corrected chi connectivity index (χ0v) is 16.5. The first-order chi connectivity index (χ1) is 14.1. The molecule has 0 spiro atoms. The summed E-state index contributed by atoms with van der Waals surface area (Å²) in [6.07, 6.45) is 3.66. The van der Waals surface area contributed by atoms with E-state index in [1.54, 1.807) is 29.9 Å². The molecule has 0 aliphatic carbocycles. The van der Waals surface area contributed by atoms with Gasteiger partial charge in [0.05, 0.1) is 18.4 Å². The Balaban J connectivity index is 1.39. The summed E-state index contributed by atoms with van der Waals surface area (Å²) in [5.41, 5.74) is 2.86. The maximum atomic E-state index is 12.5. The number of amides is 1. The number of aryl methyl sites for hydroxylation is 1. The van der Waals surface area contributed by atoms with Gasteiger partial charge in [0.25, 0.3) is 5.91 Å². The summed E-state index contributed by atoms with van der Waals surface area (Å²) in [5.74, 6) is 0.402. The highest BCUT2D eigenvalue weighted by Gasteiger charge is 2.15. The Bertz CT molecular complexity index is 1120. The lowest BCUT2D eigenvalue weighted by molar-refractivity contribution is 0.0940. The summed E-state index contributed by atoms with van der Waals surface area (Å²) in [6.45, 7) is 2.83. The highest BCUT2D eigenvalue weighted by atomic mass is 35.5. The molecule has 0 aliphatic rings. The number of nitrogens with one attached hydrogen (secondary N) is 1. The van der Waals surface area contributed by atoms with E-state index in [2.05, 4.69) is 20.5 Å². The zero-order valence-electron chi connectivity index (χ0n) is 15.8. The molecule has 4 rings (SSSR count). The van der Waals surface area contributed by atoms with Crippen LogP contribution >= 0.6 is 11.6 Å². The van der Waals surface area contributed by atoms with Gasteiger partial charge in [-0.15, -0.1) is 5.10 Å². The Labute approximate surface area is 173 Å². The standard InChI is InChI=1S/C21H19ClN6O/c1-15-25-20(26-28(15)19-9-7-18(22)8-10-19)21(29)23-11-17-12-24-27(14-17)13-16-5-3-2-4-6-16/h2-10,12,14H,11,13H2,1H3,(H,23,29). The molecule has 7 nitrogen and oxygen atoms in total. The molecule has 2 aromatic carbocycles. The van der Waals surface area contributed by atoms with E-state index in [4.69, 9.17) is 11.6 Å². The molecule has 0 fully saturated rings. The molecule has 4 aromatic rings. The van der Waals surface area contributed by atoms with Gasteiger partial charge in [-0.05, 0) is 36.8 Å². The number of carbonyl (C=O) groups is 1. The minimum absolute atomic E-state index is 0.120. The van der Waals surface area contributed by atoms with Crippen LogP contribution < -0.4 is 5.32 Å². The van der Waals surface area contributed by atoms with E-state index in [1.807, 2.05) is 53.3 Å². The Morgan fingerprint density at radius 3 is 2.59 bits per heavy atom. The summed E-state index contributed by atoms with van der Waals surface area (Å²) < 4.78 is 3.46. The third kappa shape index (κ3) is 4.52. The van der Waals surface area contributed by atoms with E-state index in [1.165, 1.54) is 5.56 Å². The van der Waals surface area contributed by atoms with E-state index < -0.39 is 0 Å². The second-order valence-corrected chi connectivity index (χ2v) is 7.02. The van der Waals surface area contributed by atoms with Crippen LogP contribution in [0, 0.1) is 6.92 Å². The number of rotatable bonds is 6. The van der Waals surface area contributed by atoms with Crippen molar-refractivity contribution in [2.75, 3.05) is 0 Å². The lowest BCUT2D eigenvalue weighted by atomic mass is 10.2. The van der Waals surface area contributed by atoms with Crippen LogP contribution in [-0.4, -0.2) is 30.5 Å². The number of hydrogen-bond acceptors (Lipinski definition) is 4. The van der Waals surface area contributed by atoms with Gasteiger partial charge in [-0.3, -0.25) is 9.48 Å². The molecule has 0 bridgehead atoms. The molecule has 1 N–H and O–H groups in total. The number of benzene rings is 2. The monoisotopic (exact) mass is 406 g/mol. The molecule has 0 radical (unpaired) electrons. The first kappa shape index (κ1) is 18.9. The van der Waals surface area contributed by atoms with E-state index in [9.17, 15) is 4.79 Å². The molecular weight excluding hydrogens is 388 g/mol. The molecule has 0 saturated heterocycles. The molecule has 0 saturated carbocycles. The predicted molar refractivity (Wildman–Crippen MR) is 110 cm³/mol. The quantitative estimate of drug-likeness (QED) is 0.532. The van der Waals surface area contributed by atoms with Gasteiger partial charge in [-0.1, -0.05) is 41.9 Å². The first-order valence-corrected chi connectivity index (χ1v) is 9.49. The fraction of sp³-hybridized carbons (Fsp3) is 0.143. The molecule has 1 amide bonds. The summed E-state index contributed by atoms with van der Waals surface area (Å²) >= 11 is 5.92. The van der Waals surface area contributed by atoms with E-state index in [-0.39, 0.29) is 11.7 Å². The molecule has 29 heavy (non-hydrogen) atoms. The minimum Gasteiger partial charge on any atom is -0.345 e. The van der Waals surface area contributed by atoms with Gasteiger partial charge in [0.15, 0.2) is 0 Å². The van der Waals surface area contributed by atoms with Crippen LogP contribution in [-0.2, 0) is 13.1 Å². The molecular formula is C21H19ClN6O. The van der Waals surface area contributed by atoms with Gasteiger partial charge in [-0.25, -0.2) is 9.67 Å². The Morgan fingerprint density at radius 2 is 1.83 bits per heavy atom. The van der Waals surface area contributed by atoms with Crippen LogP contribution in [0.3, 0.4) is 0 Å². The Morgan fingerprint density at radius 1 is 1.07 bits per heavy atom. The fourth-order valence-electron chi connectivity index (χ4n) is 2.93. The molecule has 2 heterocycles. The molecule has 0 atom stereocenters. The fourth-order valence-corrected chi connectivity index (χ4v) is 3.06. The summed E-state index contributed by atoms with van der Waals surface area (Å²) in [5, 5.41) is 12.1. The van der Waals surface area contributed by atoms with Gasteiger partial charge in [0.1, 0.15) is 5.82 Å². The number of hydrogen-bond donors (Lipinski definition) is 1. The van der Waals surface area contributed by atoms with Crippen molar-refractivity contribution in [3.63, 3.8) is 0 Å². The van der Waals surface area contributed by atoms with Crippen molar-refractivity contribution in [3.05, 3.63) is 94.8 Å². The highest BCUT2D eigenvalue weighted by molar-refractivity contribution is 6.30. The molecule has 0 aliphatic heterocycles. The number of halogens is 1. The van der Waals surface area contributed by atoms with Crippen LogP contribution in [0.4, 0.5) is 0 Å². The van der Waals surface area contributed by atoms with Gasteiger partial charge < -0.3 is 5.32 Å². The van der Waals surface area contributed by atoms with E-state index in [0.717, 1.165) is 11.3 Å². The maximum absolute atomic E-state index is 12.5. The second kappa shape index (κ2) is 8.28. The van der Waals surface area contributed by atoms with E-state index >= 15 is 0 Å². The number of nitrogens with zero attached hydrogens (tertiary/aromatic N) is 5. The summed E-state index contributed by atoms with van der Waals surface area (Å²) in [6, 6.07) is 17.3. The summed E-state index contributed by atoms with van der Waals surface area (Å²) in [4.78, 5) is 16.7. The van der Waals surface area contributed by atoms with E-state index in [0.29, 0.717) is 23.9 Å². The summed E-state index contributed by atoms with van der Waals surface area (Å²) in [7, 11) is 0. The molecule has 146 valence electrons. The van der Waals surface area contributed by atoms with Crippen molar-refractivity contribution >= 4 is 17.5 Å². The van der Waals surface area contributed by atoms with Gasteiger partial charge in [0, 0.05) is 23.3 Å². The van der Waals surface area contributed by atoms with Crippen LogP contribution in [0.15, 0.2) is 67.0 Å². The average Bonchev–Trinajstić information content (AvgIpc) is 3.34. The average molecular weight is 407 g/mol. The van der Waals surface area contributed by atoms with Crippen LogP contribution in [0.1, 0.15) is 27.6 Å². The second-order valence-electron chi connectivity index (χ2n) is 6.59. The van der Waals surface area contributed by atoms with Crippen LogP contribution in [0.25, 0.3) is 5.69 Å². The Kier molecular flexibility index (Phi) is 5.39. The van der Waals surface area contributed by atoms with Gasteiger partial charge in [0.2, 0.25) is 5.82 Å². The van der Waals surface area contributed by atoms with Gasteiger partial charge in [-0.2, -0.15) is 5.10 Å². The highest BCUT2D eigenvalue weighted by Crippen LogP contribution is 2.14. The number of carbonyl (C=O) groups excluding carboxylic acids is 1. The lowest BCUT2D eigenvalue weighted by Crippen LogP contribution is -2.24. The third-order valence-corrected chi connectivity index (χ3v) is 4.62.